The Labute approximate surface area is 262 Å². The van der Waals surface area contributed by atoms with Crippen LogP contribution in [0.3, 0.4) is 0 Å². The van der Waals surface area contributed by atoms with Crippen molar-refractivity contribution in [3.8, 4) is 17.2 Å². The molecule has 0 saturated carbocycles. The minimum atomic E-state index is 0.671. The Morgan fingerprint density at radius 3 is 1.76 bits per heavy atom. The molecule has 0 fully saturated rings. The van der Waals surface area contributed by atoms with E-state index in [0.717, 1.165) is 33.2 Å². The van der Waals surface area contributed by atoms with Crippen LogP contribution in [0, 0.1) is 0 Å². The molecule has 0 atom stereocenters. The molecule has 4 heterocycles. The fourth-order valence-corrected chi connectivity index (χ4v) is 8.03. The van der Waals surface area contributed by atoms with Crippen molar-refractivity contribution in [3.05, 3.63) is 146 Å². The molecule has 0 aliphatic heterocycles. The van der Waals surface area contributed by atoms with Crippen LogP contribution >= 0.6 is 0 Å². The van der Waals surface area contributed by atoms with E-state index < -0.39 is 0 Å². The van der Waals surface area contributed by atoms with Gasteiger partial charge >= 0.3 is 0 Å². The fourth-order valence-electron chi connectivity index (χ4n) is 8.03. The largest absolute Gasteiger partial charge is 0.306 e. The van der Waals surface area contributed by atoms with Crippen molar-refractivity contribution in [3.63, 3.8) is 0 Å². The first-order chi connectivity index (χ1) is 22.9. The molecular weight excluding hydrogens is 560 g/mol. The number of rotatable bonds is 2. The van der Waals surface area contributed by atoms with E-state index in [0.29, 0.717) is 5.95 Å². The highest BCUT2D eigenvalue weighted by Gasteiger charge is 2.26. The summed E-state index contributed by atoms with van der Waals surface area (Å²) in [5.74, 6) is 0.671. The SMILES string of the molecule is c1ccc(-c2nc(-n3c4ccccc4c4c5ccccc5c5c6cccc7c8ccccc8n(c76)c5c43)nc3ccccc23)cc1. The van der Waals surface area contributed by atoms with Gasteiger partial charge in [0.25, 0.3) is 0 Å². The molecule has 46 heavy (non-hydrogen) atoms. The molecule has 0 saturated heterocycles. The number of nitrogens with zero attached hydrogens (tertiary/aromatic N) is 4. The maximum atomic E-state index is 5.41. The minimum absolute atomic E-state index is 0.671. The number of aromatic nitrogens is 4. The van der Waals surface area contributed by atoms with Crippen LogP contribution in [0.15, 0.2) is 146 Å². The maximum absolute atomic E-state index is 5.41. The number of hydrogen-bond donors (Lipinski definition) is 0. The Morgan fingerprint density at radius 2 is 0.957 bits per heavy atom. The fraction of sp³-hybridized carbons (Fsp3) is 0. The molecule has 11 rings (SSSR count). The summed E-state index contributed by atoms with van der Waals surface area (Å²) in [7, 11) is 0. The van der Waals surface area contributed by atoms with E-state index >= 15 is 0 Å². The van der Waals surface area contributed by atoms with Crippen molar-refractivity contribution in [1.29, 1.82) is 0 Å². The Balaban J connectivity index is 1.45. The van der Waals surface area contributed by atoms with Crippen LogP contribution in [0.25, 0.3) is 98.8 Å². The van der Waals surface area contributed by atoms with Crippen molar-refractivity contribution < 1.29 is 0 Å². The predicted molar refractivity (Wildman–Crippen MR) is 191 cm³/mol. The van der Waals surface area contributed by atoms with E-state index in [9.17, 15) is 0 Å². The van der Waals surface area contributed by atoms with Gasteiger partial charge in [0.2, 0.25) is 5.95 Å². The van der Waals surface area contributed by atoms with E-state index in [-0.39, 0.29) is 0 Å². The molecule has 0 aliphatic carbocycles. The zero-order chi connectivity index (χ0) is 29.9. The van der Waals surface area contributed by atoms with Gasteiger partial charge in [0.05, 0.1) is 38.8 Å². The second-order valence-electron chi connectivity index (χ2n) is 12.2. The molecule has 4 heteroatoms. The van der Waals surface area contributed by atoms with Crippen LogP contribution in [0.2, 0.25) is 0 Å². The molecule has 4 nitrogen and oxygen atoms in total. The average Bonchev–Trinajstić information content (AvgIpc) is 3.77. The highest BCUT2D eigenvalue weighted by molar-refractivity contribution is 6.38. The summed E-state index contributed by atoms with van der Waals surface area (Å²) in [6.45, 7) is 0. The monoisotopic (exact) mass is 584 g/mol. The van der Waals surface area contributed by atoms with Crippen molar-refractivity contribution in [2.75, 3.05) is 0 Å². The summed E-state index contributed by atoms with van der Waals surface area (Å²) in [6, 6.07) is 52.0. The van der Waals surface area contributed by atoms with Gasteiger partial charge in [0, 0.05) is 43.3 Å². The second-order valence-corrected chi connectivity index (χ2v) is 12.2. The molecule has 0 unspecified atom stereocenters. The highest BCUT2D eigenvalue weighted by Crippen LogP contribution is 2.48. The normalized spacial score (nSPS) is 12.3. The Morgan fingerprint density at radius 1 is 0.370 bits per heavy atom. The van der Waals surface area contributed by atoms with Gasteiger partial charge in [-0.15, -0.1) is 0 Å². The third-order valence-corrected chi connectivity index (χ3v) is 9.83. The summed E-state index contributed by atoms with van der Waals surface area (Å²) in [4.78, 5) is 10.7. The van der Waals surface area contributed by atoms with Gasteiger partial charge in [-0.1, -0.05) is 127 Å². The van der Waals surface area contributed by atoms with Crippen LogP contribution in [0.1, 0.15) is 0 Å². The molecule has 0 N–H and O–H groups in total. The summed E-state index contributed by atoms with van der Waals surface area (Å²) >= 11 is 0. The summed E-state index contributed by atoms with van der Waals surface area (Å²) in [5, 5.41) is 11.0. The lowest BCUT2D eigenvalue weighted by Gasteiger charge is -2.13. The third kappa shape index (κ3) is 2.94. The average molecular weight is 585 g/mol. The molecule has 0 amide bonds. The second kappa shape index (κ2) is 8.68. The van der Waals surface area contributed by atoms with E-state index in [1.165, 1.54) is 59.6 Å². The maximum Gasteiger partial charge on any atom is 0.235 e. The molecule has 0 bridgehead atoms. The lowest BCUT2D eigenvalue weighted by Crippen LogP contribution is -2.04. The van der Waals surface area contributed by atoms with Gasteiger partial charge in [-0.05, 0) is 29.0 Å². The number of hydrogen-bond acceptors (Lipinski definition) is 2. The summed E-state index contributed by atoms with van der Waals surface area (Å²) < 4.78 is 4.82. The van der Waals surface area contributed by atoms with Crippen molar-refractivity contribution in [2.24, 2.45) is 0 Å². The van der Waals surface area contributed by atoms with Crippen molar-refractivity contribution in [2.45, 2.75) is 0 Å². The first-order valence-corrected chi connectivity index (χ1v) is 15.7. The quantitative estimate of drug-likeness (QED) is 0.203. The van der Waals surface area contributed by atoms with E-state index in [1.807, 2.05) is 0 Å². The van der Waals surface area contributed by atoms with Crippen molar-refractivity contribution >= 4 is 81.6 Å². The Bertz CT molecular complexity index is 3020. The standard InChI is InChI=1S/C42H24N4/c1-2-13-25(14-3-1)38-30-18-6-9-22-33(30)43-42(44-38)46-35-24-11-8-19-31(35)36-27-16-4-5-17-28(27)37-32-21-12-20-29-26-15-7-10-23-34(26)45(39(29)32)40(37)41(36)46/h1-24H. The summed E-state index contributed by atoms with van der Waals surface area (Å²) in [6.07, 6.45) is 0. The number of para-hydroxylation sites is 4. The van der Waals surface area contributed by atoms with Crippen LogP contribution < -0.4 is 0 Å². The smallest absolute Gasteiger partial charge is 0.235 e. The Hall–Kier alpha value is -6.26. The van der Waals surface area contributed by atoms with Gasteiger partial charge in [0.15, 0.2) is 0 Å². The molecule has 212 valence electrons. The molecule has 7 aromatic carbocycles. The number of fused-ring (bicyclic) bond motifs is 14. The van der Waals surface area contributed by atoms with Crippen molar-refractivity contribution in [1.82, 2.24) is 18.9 Å². The van der Waals surface area contributed by atoms with E-state index in [1.54, 1.807) is 0 Å². The van der Waals surface area contributed by atoms with Crippen LogP contribution in [-0.4, -0.2) is 18.9 Å². The van der Waals surface area contributed by atoms with Gasteiger partial charge in [-0.2, -0.15) is 0 Å². The third-order valence-electron chi connectivity index (χ3n) is 9.83. The first kappa shape index (κ1) is 24.1. The van der Waals surface area contributed by atoms with Gasteiger partial charge < -0.3 is 4.40 Å². The zero-order valence-corrected chi connectivity index (χ0v) is 24.6. The van der Waals surface area contributed by atoms with E-state index in [2.05, 4.69) is 155 Å². The van der Waals surface area contributed by atoms with Gasteiger partial charge in [-0.25, -0.2) is 9.97 Å². The molecule has 4 aromatic heterocycles. The Kier molecular flexibility index (Phi) is 4.55. The van der Waals surface area contributed by atoms with Gasteiger partial charge in [0.1, 0.15) is 0 Å². The van der Waals surface area contributed by atoms with Crippen LogP contribution in [0.5, 0.6) is 0 Å². The molecule has 0 aliphatic rings. The minimum Gasteiger partial charge on any atom is -0.306 e. The first-order valence-electron chi connectivity index (χ1n) is 15.7. The lowest BCUT2D eigenvalue weighted by molar-refractivity contribution is 1.01. The molecular formula is C42H24N4. The van der Waals surface area contributed by atoms with Crippen LogP contribution in [-0.2, 0) is 0 Å². The number of benzene rings is 7. The van der Waals surface area contributed by atoms with Crippen LogP contribution in [0.4, 0.5) is 0 Å². The predicted octanol–water partition coefficient (Wildman–Crippen LogP) is 10.7. The lowest BCUT2D eigenvalue weighted by atomic mass is 9.98. The van der Waals surface area contributed by atoms with Gasteiger partial charge in [-0.3, -0.25) is 4.57 Å². The summed E-state index contributed by atoms with van der Waals surface area (Å²) in [5.41, 5.74) is 8.81. The zero-order valence-electron chi connectivity index (χ0n) is 24.6. The molecule has 0 spiro atoms. The van der Waals surface area contributed by atoms with E-state index in [4.69, 9.17) is 9.97 Å². The molecule has 11 aromatic rings. The topological polar surface area (TPSA) is 35.1 Å². The molecule has 0 radical (unpaired) electrons. The highest BCUT2D eigenvalue weighted by atomic mass is 15.2.